The van der Waals surface area contributed by atoms with Gasteiger partial charge in [-0.1, -0.05) is 0 Å². The highest BCUT2D eigenvalue weighted by Gasteiger charge is 2.27. The Morgan fingerprint density at radius 1 is 1.09 bits per heavy atom. The summed E-state index contributed by atoms with van der Waals surface area (Å²) in [5.41, 5.74) is 2.19. The summed E-state index contributed by atoms with van der Waals surface area (Å²) >= 11 is 0. The number of hydrogen-bond donors (Lipinski definition) is 3. The van der Waals surface area contributed by atoms with Crippen LogP contribution in [0.2, 0.25) is 0 Å². The molecule has 32 heavy (non-hydrogen) atoms. The summed E-state index contributed by atoms with van der Waals surface area (Å²) in [5, 5.41) is 6.60. The topological polar surface area (TPSA) is 102 Å². The summed E-state index contributed by atoms with van der Waals surface area (Å²) in [6, 6.07) is 6.04. The van der Waals surface area contributed by atoms with Crippen molar-refractivity contribution in [3.63, 3.8) is 0 Å². The molecule has 0 atom stereocenters. The van der Waals surface area contributed by atoms with Crippen molar-refractivity contribution in [3.8, 4) is 0 Å². The fraction of sp³-hybridized carbons (Fsp3) is 0.400. The molecule has 0 unspecified atom stereocenters. The number of nitrogens with one attached hydrogen (secondary N) is 3. The van der Waals surface area contributed by atoms with E-state index in [1.807, 2.05) is 6.07 Å². The maximum Gasteiger partial charge on any atom is 0.405 e. The van der Waals surface area contributed by atoms with Crippen molar-refractivity contribution in [3.05, 3.63) is 47.9 Å². The number of anilines is 2. The minimum atomic E-state index is -4.48. The van der Waals surface area contributed by atoms with E-state index < -0.39 is 18.8 Å². The fourth-order valence-corrected chi connectivity index (χ4v) is 3.24. The molecule has 3 heterocycles. The molecule has 0 radical (unpaired) electrons. The highest BCUT2D eigenvalue weighted by molar-refractivity contribution is 5.92. The molecule has 2 aromatic heterocycles. The predicted molar refractivity (Wildman–Crippen MR) is 112 cm³/mol. The molecule has 3 amide bonds. The number of piperazine rings is 1. The molecule has 1 saturated heterocycles. The van der Waals surface area contributed by atoms with Crippen molar-refractivity contribution in [1.82, 2.24) is 25.5 Å². The van der Waals surface area contributed by atoms with E-state index in [-0.39, 0.29) is 11.7 Å². The van der Waals surface area contributed by atoms with Crippen molar-refractivity contribution in [2.24, 2.45) is 0 Å². The number of alkyl halides is 3. The number of pyridine rings is 2. The summed E-state index contributed by atoms with van der Waals surface area (Å²) in [4.78, 5) is 35.8. The lowest BCUT2D eigenvalue weighted by molar-refractivity contribution is -0.122. The summed E-state index contributed by atoms with van der Waals surface area (Å²) in [6.45, 7) is 2.33. The van der Waals surface area contributed by atoms with Crippen LogP contribution in [0.15, 0.2) is 36.7 Å². The van der Waals surface area contributed by atoms with Gasteiger partial charge in [0.15, 0.2) is 0 Å². The van der Waals surface area contributed by atoms with Gasteiger partial charge in [0.25, 0.3) is 5.91 Å². The van der Waals surface area contributed by atoms with Crippen LogP contribution >= 0.6 is 0 Å². The first kappa shape index (κ1) is 23.3. The second kappa shape index (κ2) is 10.3. The van der Waals surface area contributed by atoms with Crippen LogP contribution in [-0.2, 0) is 6.54 Å². The monoisotopic (exact) mass is 451 g/mol. The number of amides is 3. The number of nitrogens with zero attached hydrogens (tertiary/aromatic N) is 4. The highest BCUT2D eigenvalue weighted by atomic mass is 19.4. The smallest absolute Gasteiger partial charge is 0.368 e. The lowest BCUT2D eigenvalue weighted by Crippen LogP contribution is -2.46. The van der Waals surface area contributed by atoms with Gasteiger partial charge in [-0.05, 0) is 29.8 Å². The molecule has 0 saturated carbocycles. The lowest BCUT2D eigenvalue weighted by atomic mass is 10.2. The van der Waals surface area contributed by atoms with Crippen LogP contribution in [0.1, 0.15) is 16.1 Å². The highest BCUT2D eigenvalue weighted by Crippen LogP contribution is 2.18. The summed E-state index contributed by atoms with van der Waals surface area (Å²) in [5.74, 6) is -0.0477. The average molecular weight is 451 g/mol. The van der Waals surface area contributed by atoms with Gasteiger partial charge < -0.3 is 15.5 Å². The van der Waals surface area contributed by atoms with Gasteiger partial charge in [0.1, 0.15) is 18.1 Å². The molecule has 1 fully saturated rings. The van der Waals surface area contributed by atoms with Crippen LogP contribution in [0.4, 0.5) is 29.5 Å². The summed E-state index contributed by atoms with van der Waals surface area (Å²) in [6.07, 6.45) is -1.29. The minimum Gasteiger partial charge on any atom is -0.368 e. The van der Waals surface area contributed by atoms with Crippen LogP contribution in [0.5, 0.6) is 0 Å². The van der Waals surface area contributed by atoms with E-state index in [1.54, 1.807) is 36.8 Å². The third kappa shape index (κ3) is 6.80. The molecule has 0 spiro atoms. The van der Waals surface area contributed by atoms with E-state index in [2.05, 4.69) is 30.4 Å². The van der Waals surface area contributed by atoms with Crippen LogP contribution in [-0.4, -0.2) is 72.8 Å². The van der Waals surface area contributed by atoms with E-state index >= 15 is 0 Å². The standard InChI is InChI=1S/C20H24F3N7O2/c1-24-18(31)16-3-2-15(11-26-16)30-8-6-29(7-9-30)12-14-4-5-25-17(10-14)28-19(32)27-13-20(21,22)23/h2-5,10-11H,6-9,12-13H2,1H3,(H,24,31)(H2,25,27,28,32). The van der Waals surface area contributed by atoms with Crippen molar-refractivity contribution >= 4 is 23.4 Å². The zero-order chi connectivity index (χ0) is 23.1. The quantitative estimate of drug-likeness (QED) is 0.620. The maximum absolute atomic E-state index is 12.2. The average Bonchev–Trinajstić information content (AvgIpc) is 2.78. The van der Waals surface area contributed by atoms with Gasteiger partial charge >= 0.3 is 12.2 Å². The number of rotatable bonds is 6. The van der Waals surface area contributed by atoms with Crippen LogP contribution in [0.25, 0.3) is 0 Å². The Bertz CT molecular complexity index is 930. The minimum absolute atomic E-state index is 0.183. The van der Waals surface area contributed by atoms with E-state index in [0.717, 1.165) is 37.4 Å². The normalized spacial score (nSPS) is 14.7. The summed E-state index contributed by atoms with van der Waals surface area (Å²) < 4.78 is 36.6. The molecular formula is C20H24F3N7O2. The number of urea groups is 1. The van der Waals surface area contributed by atoms with E-state index in [9.17, 15) is 22.8 Å². The van der Waals surface area contributed by atoms with E-state index in [1.165, 1.54) is 6.20 Å². The Balaban J connectivity index is 1.49. The van der Waals surface area contributed by atoms with Crippen LogP contribution in [0, 0.1) is 0 Å². The SMILES string of the molecule is CNC(=O)c1ccc(N2CCN(Cc3ccnc(NC(=O)NCC(F)(F)F)c3)CC2)cn1. The fourth-order valence-electron chi connectivity index (χ4n) is 3.24. The first-order valence-corrected chi connectivity index (χ1v) is 9.95. The van der Waals surface area contributed by atoms with Gasteiger partial charge in [0.05, 0.1) is 11.9 Å². The second-order valence-corrected chi connectivity index (χ2v) is 7.22. The largest absolute Gasteiger partial charge is 0.405 e. The van der Waals surface area contributed by atoms with E-state index in [4.69, 9.17) is 0 Å². The van der Waals surface area contributed by atoms with Crippen LogP contribution in [0.3, 0.4) is 0 Å². The first-order valence-electron chi connectivity index (χ1n) is 9.95. The van der Waals surface area contributed by atoms with E-state index in [0.29, 0.717) is 12.2 Å². The zero-order valence-electron chi connectivity index (χ0n) is 17.4. The van der Waals surface area contributed by atoms with Gasteiger partial charge in [-0.15, -0.1) is 0 Å². The Hall–Kier alpha value is -3.41. The Morgan fingerprint density at radius 2 is 1.84 bits per heavy atom. The number of hydrogen-bond acceptors (Lipinski definition) is 6. The third-order valence-electron chi connectivity index (χ3n) is 4.87. The second-order valence-electron chi connectivity index (χ2n) is 7.22. The maximum atomic E-state index is 12.2. The first-order chi connectivity index (χ1) is 15.2. The molecular weight excluding hydrogens is 427 g/mol. The van der Waals surface area contributed by atoms with Crippen molar-refractivity contribution in [2.45, 2.75) is 12.7 Å². The molecule has 172 valence electrons. The molecule has 1 aliphatic rings. The summed E-state index contributed by atoms with van der Waals surface area (Å²) in [7, 11) is 1.56. The third-order valence-corrected chi connectivity index (χ3v) is 4.87. The van der Waals surface area contributed by atoms with Gasteiger partial charge in [-0.2, -0.15) is 13.2 Å². The predicted octanol–water partition coefficient (Wildman–Crippen LogP) is 1.84. The number of aromatic nitrogens is 2. The molecule has 9 nitrogen and oxygen atoms in total. The molecule has 0 bridgehead atoms. The molecule has 3 rings (SSSR count). The van der Waals surface area contributed by atoms with Gasteiger partial charge in [0, 0.05) is 46.0 Å². The zero-order valence-corrected chi connectivity index (χ0v) is 17.4. The van der Waals surface area contributed by atoms with Gasteiger partial charge in [0.2, 0.25) is 0 Å². The van der Waals surface area contributed by atoms with Crippen molar-refractivity contribution < 1.29 is 22.8 Å². The van der Waals surface area contributed by atoms with Crippen molar-refractivity contribution in [1.29, 1.82) is 0 Å². The number of carbonyl (C=O) groups excluding carboxylic acids is 2. The van der Waals surface area contributed by atoms with Crippen molar-refractivity contribution in [2.75, 3.05) is 50.0 Å². The molecule has 12 heteroatoms. The van der Waals surface area contributed by atoms with Gasteiger partial charge in [-0.25, -0.2) is 14.8 Å². The molecule has 0 aromatic carbocycles. The number of halogens is 3. The molecule has 1 aliphatic heterocycles. The van der Waals surface area contributed by atoms with Crippen LogP contribution < -0.4 is 20.9 Å². The van der Waals surface area contributed by atoms with Gasteiger partial charge in [-0.3, -0.25) is 15.0 Å². The molecule has 3 N–H and O–H groups in total. The lowest BCUT2D eigenvalue weighted by Gasteiger charge is -2.36. The Morgan fingerprint density at radius 3 is 2.47 bits per heavy atom. The molecule has 2 aromatic rings. The Kier molecular flexibility index (Phi) is 7.46. The Labute approximate surface area is 183 Å². The number of carbonyl (C=O) groups is 2. The molecule has 0 aliphatic carbocycles.